The fourth-order valence-corrected chi connectivity index (χ4v) is 2.96. The van der Waals surface area contributed by atoms with Crippen LogP contribution < -0.4 is 16.0 Å². The van der Waals surface area contributed by atoms with Crippen molar-refractivity contribution in [2.45, 2.75) is 19.0 Å². The largest absolute Gasteiger partial charge is 0.335 e. The highest BCUT2D eigenvalue weighted by atomic mass is 16.2. The number of rotatable bonds is 3. The van der Waals surface area contributed by atoms with Crippen LogP contribution in [0.1, 0.15) is 12.0 Å². The summed E-state index contributed by atoms with van der Waals surface area (Å²) in [7, 11) is 0. The van der Waals surface area contributed by atoms with Crippen LogP contribution >= 0.6 is 0 Å². The van der Waals surface area contributed by atoms with Gasteiger partial charge in [0, 0.05) is 12.6 Å². The molecule has 4 heteroatoms. The van der Waals surface area contributed by atoms with Gasteiger partial charge in [0.2, 0.25) is 0 Å². The SMILES string of the molecule is O=C(NCc1ccccc1)NC1C2CNCC1C2. The van der Waals surface area contributed by atoms with Gasteiger partial charge in [0.1, 0.15) is 0 Å². The van der Waals surface area contributed by atoms with Gasteiger partial charge in [0.25, 0.3) is 0 Å². The lowest BCUT2D eigenvalue weighted by Gasteiger charge is -2.49. The lowest BCUT2D eigenvalue weighted by molar-refractivity contribution is 0.0734. The van der Waals surface area contributed by atoms with E-state index in [1.165, 1.54) is 6.42 Å². The van der Waals surface area contributed by atoms with Crippen LogP contribution in [-0.4, -0.2) is 25.2 Å². The summed E-state index contributed by atoms with van der Waals surface area (Å²) < 4.78 is 0. The van der Waals surface area contributed by atoms with Crippen LogP contribution in [0.15, 0.2) is 30.3 Å². The van der Waals surface area contributed by atoms with Crippen LogP contribution in [0.5, 0.6) is 0 Å². The van der Waals surface area contributed by atoms with Gasteiger partial charge < -0.3 is 16.0 Å². The van der Waals surface area contributed by atoms with Gasteiger partial charge in [0.15, 0.2) is 0 Å². The van der Waals surface area contributed by atoms with Crippen LogP contribution in [0.3, 0.4) is 0 Å². The molecular formula is C14H19N3O. The first kappa shape index (κ1) is 11.5. The fraction of sp³-hybridized carbons (Fsp3) is 0.500. The van der Waals surface area contributed by atoms with Crippen LogP contribution in [0, 0.1) is 11.8 Å². The topological polar surface area (TPSA) is 53.2 Å². The van der Waals surface area contributed by atoms with Gasteiger partial charge in [-0.2, -0.15) is 0 Å². The lowest BCUT2D eigenvalue weighted by atomic mass is 9.67. The van der Waals surface area contributed by atoms with E-state index in [2.05, 4.69) is 16.0 Å². The monoisotopic (exact) mass is 245 g/mol. The first-order valence-electron chi connectivity index (χ1n) is 6.62. The predicted molar refractivity (Wildman–Crippen MR) is 70.1 cm³/mol. The molecule has 1 saturated carbocycles. The highest BCUT2D eigenvalue weighted by molar-refractivity contribution is 5.74. The van der Waals surface area contributed by atoms with Crippen molar-refractivity contribution in [3.63, 3.8) is 0 Å². The van der Waals surface area contributed by atoms with Crippen LogP contribution in [0.25, 0.3) is 0 Å². The minimum absolute atomic E-state index is 0.0412. The molecule has 0 spiro atoms. The zero-order valence-electron chi connectivity index (χ0n) is 10.4. The highest BCUT2D eigenvalue weighted by Gasteiger charge is 2.44. The summed E-state index contributed by atoms with van der Waals surface area (Å²) in [5.41, 5.74) is 1.13. The second kappa shape index (κ2) is 4.98. The number of urea groups is 1. The van der Waals surface area contributed by atoms with E-state index in [-0.39, 0.29) is 6.03 Å². The molecule has 1 aliphatic heterocycles. The summed E-state index contributed by atoms with van der Waals surface area (Å²) >= 11 is 0. The lowest BCUT2D eigenvalue weighted by Crippen LogP contribution is -2.64. The molecule has 3 N–H and O–H groups in total. The van der Waals surface area contributed by atoms with Gasteiger partial charge in [-0.05, 0) is 36.9 Å². The molecule has 1 saturated heterocycles. The van der Waals surface area contributed by atoms with E-state index in [4.69, 9.17) is 0 Å². The molecule has 4 nitrogen and oxygen atoms in total. The molecule has 3 rings (SSSR count). The van der Waals surface area contributed by atoms with E-state index in [1.54, 1.807) is 0 Å². The molecule has 2 unspecified atom stereocenters. The number of fused-ring (bicyclic) bond motifs is 2. The van der Waals surface area contributed by atoms with Crippen molar-refractivity contribution in [1.29, 1.82) is 0 Å². The molecule has 96 valence electrons. The summed E-state index contributed by atoms with van der Waals surface area (Å²) in [4.78, 5) is 11.8. The molecule has 2 aliphatic rings. The molecule has 1 aliphatic carbocycles. The first-order chi connectivity index (χ1) is 8.83. The molecule has 1 aromatic rings. The number of amides is 2. The quantitative estimate of drug-likeness (QED) is 0.747. The molecule has 1 heterocycles. The van der Waals surface area contributed by atoms with Gasteiger partial charge in [-0.25, -0.2) is 4.79 Å². The summed E-state index contributed by atoms with van der Waals surface area (Å²) in [6.45, 7) is 2.67. The molecule has 0 aromatic heterocycles. The summed E-state index contributed by atoms with van der Waals surface area (Å²) in [5.74, 6) is 1.26. The normalized spacial score (nSPS) is 29.2. The smallest absolute Gasteiger partial charge is 0.315 e. The van der Waals surface area contributed by atoms with E-state index < -0.39 is 0 Å². The van der Waals surface area contributed by atoms with Gasteiger partial charge >= 0.3 is 6.03 Å². The van der Waals surface area contributed by atoms with Gasteiger partial charge in [-0.3, -0.25) is 0 Å². The van der Waals surface area contributed by atoms with E-state index in [0.29, 0.717) is 24.4 Å². The van der Waals surface area contributed by atoms with Crippen molar-refractivity contribution in [1.82, 2.24) is 16.0 Å². The molecule has 1 aromatic carbocycles. The molecule has 2 bridgehead atoms. The Morgan fingerprint density at radius 2 is 1.94 bits per heavy atom. The van der Waals surface area contributed by atoms with Crippen molar-refractivity contribution in [3.8, 4) is 0 Å². The first-order valence-corrected chi connectivity index (χ1v) is 6.62. The Kier molecular flexibility index (Phi) is 3.19. The number of piperidine rings is 2. The van der Waals surface area contributed by atoms with Crippen molar-refractivity contribution >= 4 is 6.03 Å². The highest BCUT2D eigenvalue weighted by Crippen LogP contribution is 2.36. The summed E-state index contributed by atoms with van der Waals surface area (Å²) in [6, 6.07) is 10.3. The predicted octanol–water partition coefficient (Wildman–Crippen LogP) is 1.09. The number of nitrogens with one attached hydrogen (secondary N) is 3. The van der Waals surface area contributed by atoms with E-state index in [0.717, 1.165) is 18.7 Å². The molecule has 18 heavy (non-hydrogen) atoms. The summed E-state index contributed by atoms with van der Waals surface area (Å²) in [6.07, 6.45) is 1.26. The zero-order valence-corrected chi connectivity index (χ0v) is 10.4. The van der Waals surface area contributed by atoms with Crippen LogP contribution in [-0.2, 0) is 6.54 Å². The zero-order chi connectivity index (χ0) is 12.4. The number of carbonyl (C=O) groups excluding carboxylic acids is 1. The average molecular weight is 245 g/mol. The number of hydrogen-bond acceptors (Lipinski definition) is 2. The van der Waals surface area contributed by atoms with Crippen LogP contribution in [0.2, 0.25) is 0 Å². The van der Waals surface area contributed by atoms with E-state index in [9.17, 15) is 4.79 Å². The second-order valence-corrected chi connectivity index (χ2v) is 5.25. The van der Waals surface area contributed by atoms with Crippen molar-refractivity contribution in [3.05, 3.63) is 35.9 Å². The third-order valence-electron chi connectivity index (χ3n) is 4.03. The second-order valence-electron chi connectivity index (χ2n) is 5.25. The molecule has 0 radical (unpaired) electrons. The maximum Gasteiger partial charge on any atom is 0.315 e. The maximum atomic E-state index is 11.8. The Labute approximate surface area is 107 Å². The number of benzene rings is 1. The number of hydrogen-bond donors (Lipinski definition) is 3. The minimum Gasteiger partial charge on any atom is -0.335 e. The van der Waals surface area contributed by atoms with E-state index in [1.807, 2.05) is 30.3 Å². The Morgan fingerprint density at radius 1 is 1.22 bits per heavy atom. The Balaban J connectivity index is 1.45. The fourth-order valence-electron chi connectivity index (χ4n) is 2.96. The van der Waals surface area contributed by atoms with E-state index >= 15 is 0 Å². The minimum atomic E-state index is -0.0412. The molecule has 2 fully saturated rings. The van der Waals surface area contributed by atoms with Crippen molar-refractivity contribution in [2.75, 3.05) is 13.1 Å². The third-order valence-corrected chi connectivity index (χ3v) is 4.03. The van der Waals surface area contributed by atoms with Gasteiger partial charge in [-0.15, -0.1) is 0 Å². The summed E-state index contributed by atoms with van der Waals surface area (Å²) in [5, 5.41) is 9.39. The van der Waals surface area contributed by atoms with Crippen molar-refractivity contribution in [2.24, 2.45) is 11.8 Å². The van der Waals surface area contributed by atoms with Gasteiger partial charge in [0.05, 0.1) is 0 Å². The Morgan fingerprint density at radius 3 is 2.61 bits per heavy atom. The van der Waals surface area contributed by atoms with Crippen LogP contribution in [0.4, 0.5) is 4.79 Å². The van der Waals surface area contributed by atoms with Crippen molar-refractivity contribution < 1.29 is 4.79 Å². The average Bonchev–Trinajstić information content (AvgIpc) is 2.44. The Bertz CT molecular complexity index is 406. The molecular weight excluding hydrogens is 226 g/mol. The molecule has 2 atom stereocenters. The maximum absolute atomic E-state index is 11.8. The number of carbonyl (C=O) groups is 1. The third kappa shape index (κ3) is 2.34. The standard InChI is InChI=1S/C14H19N3O/c18-14(16-7-10-4-2-1-3-5-10)17-13-11-6-12(13)9-15-8-11/h1-5,11-13,15H,6-9H2,(H2,16,17,18). The molecule has 2 amide bonds. The van der Waals surface area contributed by atoms with Gasteiger partial charge in [-0.1, -0.05) is 30.3 Å². The Hall–Kier alpha value is -1.55.